The lowest BCUT2D eigenvalue weighted by Crippen LogP contribution is -2.05. The molecule has 0 aromatic rings. The minimum Gasteiger partial charge on any atom is -0.466 e. The number of esters is 1. The third kappa shape index (κ3) is 1.74. The van der Waals surface area contributed by atoms with Gasteiger partial charge in [0.05, 0.1) is 7.11 Å². The Morgan fingerprint density at radius 3 is 2.82 bits per heavy atom. The van der Waals surface area contributed by atoms with Gasteiger partial charge in [0, 0.05) is 11.0 Å². The second-order valence-corrected chi connectivity index (χ2v) is 3.32. The highest BCUT2D eigenvalue weighted by Gasteiger charge is 2.26. The monoisotopic (exact) mass is 174 g/mol. The zero-order chi connectivity index (χ0) is 8.43. The van der Waals surface area contributed by atoms with Crippen molar-refractivity contribution in [2.75, 3.05) is 7.11 Å². The van der Waals surface area contributed by atoms with Crippen molar-refractivity contribution in [2.24, 2.45) is 5.92 Å². The molecule has 0 aromatic heterocycles. The van der Waals surface area contributed by atoms with Gasteiger partial charge in [0.15, 0.2) is 0 Å². The number of allylic oxidation sites excluding steroid dienone is 1. The molecule has 0 amide bonds. The second kappa shape index (κ2) is 3.26. The van der Waals surface area contributed by atoms with E-state index in [2.05, 4.69) is 4.74 Å². The topological polar surface area (TPSA) is 26.3 Å². The Hall–Kier alpha value is -0.500. The number of ether oxygens (including phenoxy) is 1. The van der Waals surface area contributed by atoms with Crippen LogP contribution in [0.3, 0.4) is 0 Å². The van der Waals surface area contributed by atoms with Crippen LogP contribution in [0.15, 0.2) is 11.6 Å². The summed E-state index contributed by atoms with van der Waals surface area (Å²) in [4.78, 5) is 11.0. The molecule has 2 nitrogen and oxygen atoms in total. The van der Waals surface area contributed by atoms with Crippen LogP contribution < -0.4 is 0 Å². The van der Waals surface area contributed by atoms with Crippen LogP contribution in [-0.4, -0.2) is 18.5 Å². The molecule has 1 aliphatic rings. The largest absolute Gasteiger partial charge is 0.466 e. The summed E-state index contributed by atoms with van der Waals surface area (Å²) in [5.74, 6) is 0.0331. The van der Waals surface area contributed by atoms with Crippen molar-refractivity contribution in [3.63, 3.8) is 0 Å². The summed E-state index contributed by atoms with van der Waals surface area (Å²) >= 11 is 5.90. The van der Waals surface area contributed by atoms with Crippen molar-refractivity contribution in [1.82, 2.24) is 0 Å². The average molecular weight is 175 g/mol. The van der Waals surface area contributed by atoms with Gasteiger partial charge in [-0.3, -0.25) is 0 Å². The van der Waals surface area contributed by atoms with Gasteiger partial charge in [-0.15, -0.1) is 11.6 Å². The smallest absolute Gasteiger partial charge is 0.333 e. The first-order valence-corrected chi connectivity index (χ1v) is 4.02. The molecule has 0 fully saturated rings. The van der Waals surface area contributed by atoms with E-state index in [-0.39, 0.29) is 17.3 Å². The van der Waals surface area contributed by atoms with Gasteiger partial charge >= 0.3 is 5.97 Å². The molecule has 0 saturated heterocycles. The molecule has 11 heavy (non-hydrogen) atoms. The fraction of sp³-hybridized carbons (Fsp3) is 0.625. The van der Waals surface area contributed by atoms with Crippen molar-refractivity contribution in [3.05, 3.63) is 11.6 Å². The summed E-state index contributed by atoms with van der Waals surface area (Å²) < 4.78 is 4.56. The maximum atomic E-state index is 11.0. The molecule has 0 bridgehead atoms. The molecule has 0 spiro atoms. The van der Waals surface area contributed by atoms with Crippen LogP contribution in [0.4, 0.5) is 0 Å². The average Bonchev–Trinajstić information content (AvgIpc) is 2.31. The molecule has 0 aromatic carbocycles. The van der Waals surface area contributed by atoms with Gasteiger partial charge in [-0.25, -0.2) is 4.79 Å². The third-order valence-electron chi connectivity index (χ3n) is 1.90. The van der Waals surface area contributed by atoms with Gasteiger partial charge in [-0.2, -0.15) is 0 Å². The summed E-state index contributed by atoms with van der Waals surface area (Å²) in [6.45, 7) is 1.99. The first-order chi connectivity index (χ1) is 5.15. The molecule has 0 heterocycles. The van der Waals surface area contributed by atoms with E-state index >= 15 is 0 Å². The van der Waals surface area contributed by atoms with Gasteiger partial charge in [0.1, 0.15) is 0 Å². The predicted octanol–water partition coefficient (Wildman–Crippen LogP) is 1.73. The quantitative estimate of drug-likeness (QED) is 0.447. The molecule has 0 aliphatic heterocycles. The van der Waals surface area contributed by atoms with Crippen molar-refractivity contribution < 1.29 is 9.53 Å². The Morgan fingerprint density at radius 2 is 2.45 bits per heavy atom. The van der Waals surface area contributed by atoms with Crippen LogP contribution in [0, 0.1) is 5.92 Å². The first kappa shape index (κ1) is 8.60. The molecule has 0 saturated carbocycles. The van der Waals surface area contributed by atoms with Crippen molar-refractivity contribution in [3.8, 4) is 0 Å². The molecule has 1 rings (SSSR count). The van der Waals surface area contributed by atoms with Crippen LogP contribution in [0.1, 0.15) is 13.3 Å². The second-order valence-electron chi connectivity index (χ2n) is 2.76. The van der Waals surface area contributed by atoms with Crippen LogP contribution in [0.25, 0.3) is 0 Å². The number of rotatable bonds is 1. The highest BCUT2D eigenvalue weighted by atomic mass is 35.5. The van der Waals surface area contributed by atoms with Gasteiger partial charge in [0.25, 0.3) is 0 Å². The molecular weight excluding hydrogens is 164 g/mol. The SMILES string of the molecule is COC(=O)C1=C[C@H](C)[C@@H](Cl)C1. The van der Waals surface area contributed by atoms with Gasteiger partial charge < -0.3 is 4.74 Å². The molecule has 3 heteroatoms. The third-order valence-corrected chi connectivity index (χ3v) is 2.45. The Bertz CT molecular complexity index is 198. The molecule has 0 unspecified atom stereocenters. The lowest BCUT2D eigenvalue weighted by Gasteiger charge is -2.03. The zero-order valence-electron chi connectivity index (χ0n) is 6.63. The number of alkyl halides is 1. The number of hydrogen-bond donors (Lipinski definition) is 0. The normalized spacial score (nSPS) is 29.9. The van der Waals surface area contributed by atoms with E-state index in [1.54, 1.807) is 0 Å². The summed E-state index contributed by atoms with van der Waals surface area (Å²) in [6, 6.07) is 0. The minimum atomic E-state index is -0.250. The van der Waals surface area contributed by atoms with Crippen LogP contribution in [0.2, 0.25) is 0 Å². The van der Waals surface area contributed by atoms with Crippen LogP contribution in [-0.2, 0) is 9.53 Å². The highest BCUT2D eigenvalue weighted by molar-refractivity contribution is 6.21. The molecule has 0 N–H and O–H groups in total. The lowest BCUT2D eigenvalue weighted by atomic mass is 10.2. The predicted molar refractivity (Wildman–Crippen MR) is 43.5 cm³/mol. The van der Waals surface area contributed by atoms with Crippen molar-refractivity contribution in [2.45, 2.75) is 18.7 Å². The maximum Gasteiger partial charge on any atom is 0.333 e. The first-order valence-electron chi connectivity index (χ1n) is 3.58. The minimum absolute atomic E-state index is 0.0594. The van der Waals surface area contributed by atoms with E-state index in [9.17, 15) is 4.79 Å². The van der Waals surface area contributed by atoms with Crippen LogP contribution in [0.5, 0.6) is 0 Å². The lowest BCUT2D eigenvalue weighted by molar-refractivity contribution is -0.136. The number of methoxy groups -OCH3 is 1. The maximum absolute atomic E-state index is 11.0. The van der Waals surface area contributed by atoms with Crippen LogP contribution >= 0.6 is 11.6 Å². The van der Waals surface area contributed by atoms with E-state index in [1.165, 1.54) is 7.11 Å². The number of carbonyl (C=O) groups is 1. The summed E-state index contributed by atoms with van der Waals surface area (Å²) in [5, 5.41) is 0.0594. The molecule has 2 atom stereocenters. The Kier molecular flexibility index (Phi) is 2.55. The van der Waals surface area contributed by atoms with E-state index in [1.807, 2.05) is 13.0 Å². The van der Waals surface area contributed by atoms with Gasteiger partial charge in [-0.1, -0.05) is 13.0 Å². The standard InChI is InChI=1S/C8H11ClO2/c1-5-3-6(4-7(5)9)8(10)11-2/h3,5,7H,4H2,1-2H3/t5-,7-/m0/s1. The molecular formula is C8H11ClO2. The number of halogens is 1. The number of hydrogen-bond acceptors (Lipinski definition) is 2. The fourth-order valence-electron chi connectivity index (χ4n) is 1.17. The summed E-state index contributed by atoms with van der Waals surface area (Å²) in [7, 11) is 1.38. The van der Waals surface area contributed by atoms with Gasteiger partial charge in [-0.05, 0) is 12.3 Å². The summed E-state index contributed by atoms with van der Waals surface area (Å²) in [5.41, 5.74) is 0.708. The van der Waals surface area contributed by atoms with Crippen molar-refractivity contribution >= 4 is 17.6 Å². The van der Waals surface area contributed by atoms with E-state index in [4.69, 9.17) is 11.6 Å². The molecule has 1 aliphatic carbocycles. The molecule has 62 valence electrons. The highest BCUT2D eigenvalue weighted by Crippen LogP contribution is 2.29. The molecule has 0 radical (unpaired) electrons. The van der Waals surface area contributed by atoms with Gasteiger partial charge in [0.2, 0.25) is 0 Å². The summed E-state index contributed by atoms with van der Waals surface area (Å²) in [6.07, 6.45) is 2.51. The van der Waals surface area contributed by atoms with E-state index < -0.39 is 0 Å². The number of carbonyl (C=O) groups excluding carboxylic acids is 1. The Morgan fingerprint density at radius 1 is 1.82 bits per heavy atom. The zero-order valence-corrected chi connectivity index (χ0v) is 7.39. The van der Waals surface area contributed by atoms with E-state index in [0.717, 1.165) is 0 Å². The fourth-order valence-corrected chi connectivity index (χ4v) is 1.41. The van der Waals surface area contributed by atoms with E-state index in [0.29, 0.717) is 12.0 Å². The Balaban J connectivity index is 2.63. The Labute approximate surface area is 71.2 Å². The van der Waals surface area contributed by atoms with Crippen molar-refractivity contribution in [1.29, 1.82) is 0 Å².